The van der Waals surface area contributed by atoms with Gasteiger partial charge in [0.25, 0.3) is 0 Å². The van der Waals surface area contributed by atoms with Crippen LogP contribution in [0.3, 0.4) is 0 Å². The van der Waals surface area contributed by atoms with Gasteiger partial charge in [-0.15, -0.1) is 0 Å². The molecule has 1 amide bonds. The average Bonchev–Trinajstić information content (AvgIpc) is 2.97. The molecule has 2 unspecified atom stereocenters. The van der Waals surface area contributed by atoms with Gasteiger partial charge in [-0.25, -0.2) is 4.39 Å². The van der Waals surface area contributed by atoms with E-state index in [0.717, 1.165) is 43.7 Å². The highest BCUT2D eigenvalue weighted by molar-refractivity contribution is 5.83. The van der Waals surface area contributed by atoms with Crippen LogP contribution in [0.1, 0.15) is 24.0 Å². The van der Waals surface area contributed by atoms with Crippen LogP contribution in [-0.4, -0.2) is 19.0 Å². The van der Waals surface area contributed by atoms with Gasteiger partial charge in [0.05, 0.1) is 5.41 Å². The van der Waals surface area contributed by atoms with Gasteiger partial charge in [0.2, 0.25) is 5.91 Å². The zero-order valence-electron chi connectivity index (χ0n) is 15.3. The SMILES string of the molecule is NC(=O)C12[CH]C(CC1)Cc1ccc(NCCNc3ccc(F)cc3)cc1C2. The zero-order chi connectivity index (χ0) is 18.9. The van der Waals surface area contributed by atoms with E-state index in [9.17, 15) is 9.18 Å². The summed E-state index contributed by atoms with van der Waals surface area (Å²) in [5.74, 6) is 0.0283. The monoisotopic (exact) mass is 366 g/mol. The number of nitrogens with one attached hydrogen (secondary N) is 2. The molecule has 1 radical (unpaired) electrons. The molecular weight excluding hydrogens is 341 g/mol. The van der Waals surface area contributed by atoms with Gasteiger partial charge in [-0.3, -0.25) is 4.79 Å². The zero-order valence-corrected chi connectivity index (χ0v) is 15.3. The van der Waals surface area contributed by atoms with Crippen LogP contribution in [0.15, 0.2) is 42.5 Å². The van der Waals surface area contributed by atoms with Crippen molar-refractivity contribution in [1.82, 2.24) is 0 Å². The molecule has 2 bridgehead atoms. The van der Waals surface area contributed by atoms with E-state index < -0.39 is 5.41 Å². The second-order valence-corrected chi connectivity index (χ2v) is 7.71. The number of carbonyl (C=O) groups excluding carboxylic acids is 1. The largest absolute Gasteiger partial charge is 0.383 e. The summed E-state index contributed by atoms with van der Waals surface area (Å²) in [6, 6.07) is 12.8. The molecule has 0 saturated heterocycles. The summed E-state index contributed by atoms with van der Waals surface area (Å²) in [6.07, 6.45) is 5.83. The predicted octanol–water partition coefficient (Wildman–Crippen LogP) is 3.53. The summed E-state index contributed by atoms with van der Waals surface area (Å²) in [6.45, 7) is 1.47. The Kier molecular flexibility index (Phi) is 4.77. The van der Waals surface area contributed by atoms with Gasteiger partial charge in [0.15, 0.2) is 0 Å². The van der Waals surface area contributed by atoms with Gasteiger partial charge >= 0.3 is 0 Å². The molecule has 141 valence electrons. The average molecular weight is 366 g/mol. The number of hydrogen-bond acceptors (Lipinski definition) is 3. The van der Waals surface area contributed by atoms with E-state index in [1.165, 1.54) is 23.3 Å². The molecule has 0 aromatic heterocycles. The molecular formula is C22H25FN3O. The van der Waals surface area contributed by atoms with Crippen molar-refractivity contribution in [2.24, 2.45) is 17.1 Å². The smallest absolute Gasteiger partial charge is 0.224 e. The lowest BCUT2D eigenvalue weighted by atomic mass is 9.79. The lowest BCUT2D eigenvalue weighted by Crippen LogP contribution is -2.37. The minimum absolute atomic E-state index is 0.195. The summed E-state index contributed by atoms with van der Waals surface area (Å²) in [7, 11) is 0. The molecule has 4 rings (SSSR count). The summed E-state index contributed by atoms with van der Waals surface area (Å²) in [5, 5.41) is 6.68. The molecule has 2 atom stereocenters. The number of primary amides is 1. The van der Waals surface area contributed by atoms with E-state index in [-0.39, 0.29) is 11.7 Å². The fourth-order valence-corrected chi connectivity index (χ4v) is 4.36. The fourth-order valence-electron chi connectivity index (χ4n) is 4.36. The number of anilines is 2. The molecule has 2 aromatic rings. The van der Waals surface area contributed by atoms with E-state index in [4.69, 9.17) is 5.73 Å². The number of carbonyl (C=O) groups is 1. The molecule has 27 heavy (non-hydrogen) atoms. The Labute approximate surface area is 159 Å². The van der Waals surface area contributed by atoms with Gasteiger partial charge < -0.3 is 16.4 Å². The third-order valence-electron chi connectivity index (χ3n) is 5.83. The summed E-state index contributed by atoms with van der Waals surface area (Å²) in [4.78, 5) is 12.1. The summed E-state index contributed by atoms with van der Waals surface area (Å²) in [5.41, 5.74) is 9.78. The van der Waals surface area contributed by atoms with Crippen molar-refractivity contribution < 1.29 is 9.18 Å². The Morgan fingerprint density at radius 2 is 1.78 bits per heavy atom. The van der Waals surface area contributed by atoms with E-state index in [0.29, 0.717) is 12.3 Å². The van der Waals surface area contributed by atoms with E-state index in [1.807, 2.05) is 0 Å². The molecule has 0 heterocycles. The summed E-state index contributed by atoms with van der Waals surface area (Å²) < 4.78 is 12.9. The van der Waals surface area contributed by atoms with Crippen molar-refractivity contribution >= 4 is 17.3 Å². The van der Waals surface area contributed by atoms with Crippen molar-refractivity contribution in [1.29, 1.82) is 0 Å². The molecule has 4 N–H and O–H groups in total. The normalized spacial score (nSPS) is 23.4. The summed E-state index contributed by atoms with van der Waals surface area (Å²) >= 11 is 0. The number of rotatable bonds is 6. The first-order valence-electron chi connectivity index (χ1n) is 9.55. The van der Waals surface area contributed by atoms with Crippen molar-refractivity contribution in [3.63, 3.8) is 0 Å². The molecule has 1 fully saturated rings. The first kappa shape index (κ1) is 17.8. The maximum atomic E-state index is 12.9. The highest BCUT2D eigenvalue weighted by Gasteiger charge is 2.46. The fraction of sp³-hybridized carbons (Fsp3) is 0.364. The highest BCUT2D eigenvalue weighted by atomic mass is 19.1. The first-order chi connectivity index (χ1) is 13.0. The Balaban J connectivity index is 1.39. The molecule has 2 aliphatic rings. The van der Waals surface area contributed by atoms with Crippen LogP contribution in [-0.2, 0) is 17.6 Å². The van der Waals surface area contributed by atoms with Crippen molar-refractivity contribution in [3.8, 4) is 0 Å². The molecule has 0 spiro atoms. The molecule has 2 aromatic carbocycles. The minimum atomic E-state index is -0.474. The minimum Gasteiger partial charge on any atom is -0.383 e. The quantitative estimate of drug-likeness (QED) is 0.685. The van der Waals surface area contributed by atoms with Crippen LogP contribution in [0.2, 0.25) is 0 Å². The lowest BCUT2D eigenvalue weighted by Gasteiger charge is -2.25. The molecule has 5 heteroatoms. The lowest BCUT2D eigenvalue weighted by molar-refractivity contribution is -0.125. The van der Waals surface area contributed by atoms with Crippen LogP contribution >= 0.6 is 0 Å². The van der Waals surface area contributed by atoms with Gasteiger partial charge in [0, 0.05) is 24.5 Å². The second-order valence-electron chi connectivity index (χ2n) is 7.71. The Morgan fingerprint density at radius 3 is 2.52 bits per heavy atom. The third-order valence-corrected chi connectivity index (χ3v) is 5.83. The van der Waals surface area contributed by atoms with Crippen molar-refractivity contribution in [2.75, 3.05) is 23.7 Å². The standard InChI is InChI=1S/C22H25FN3O/c23-18-2-5-19(6-3-18)25-9-10-26-20-4-1-16-11-15-7-8-22(13-15,21(24)27)14-17(16)12-20/h1-6,12-13,15,25-26H,7-11,14H2,(H2,24,27). The Bertz CT molecular complexity index is 836. The first-order valence-corrected chi connectivity index (χ1v) is 9.55. The van der Waals surface area contributed by atoms with Gasteiger partial charge in [-0.1, -0.05) is 6.07 Å². The highest BCUT2D eigenvalue weighted by Crippen LogP contribution is 2.47. The maximum Gasteiger partial charge on any atom is 0.224 e. The molecule has 4 nitrogen and oxygen atoms in total. The van der Waals surface area contributed by atoms with Gasteiger partial charge in [-0.05, 0) is 85.5 Å². The predicted molar refractivity (Wildman–Crippen MR) is 106 cm³/mol. The number of amides is 1. The number of nitrogens with two attached hydrogens (primary N) is 1. The van der Waals surface area contributed by atoms with Crippen molar-refractivity contribution in [3.05, 3.63) is 65.8 Å². The van der Waals surface area contributed by atoms with E-state index in [2.05, 4.69) is 35.3 Å². The Hall–Kier alpha value is -2.56. The topological polar surface area (TPSA) is 67.2 Å². The maximum absolute atomic E-state index is 12.9. The molecule has 1 saturated carbocycles. The van der Waals surface area contributed by atoms with Gasteiger partial charge in [0.1, 0.15) is 5.82 Å². The van der Waals surface area contributed by atoms with E-state index in [1.54, 1.807) is 12.1 Å². The third kappa shape index (κ3) is 3.77. The number of benzene rings is 2. The van der Waals surface area contributed by atoms with Gasteiger partial charge in [-0.2, -0.15) is 0 Å². The number of fused-ring (bicyclic) bond motifs is 3. The van der Waals surface area contributed by atoms with Crippen molar-refractivity contribution in [2.45, 2.75) is 25.7 Å². The Morgan fingerprint density at radius 1 is 1.07 bits per heavy atom. The van der Waals surface area contributed by atoms with Crippen LogP contribution < -0.4 is 16.4 Å². The van der Waals surface area contributed by atoms with Crippen LogP contribution in [0, 0.1) is 23.6 Å². The van der Waals surface area contributed by atoms with Crippen LogP contribution in [0.25, 0.3) is 0 Å². The molecule has 0 aliphatic heterocycles. The second kappa shape index (κ2) is 7.22. The van der Waals surface area contributed by atoms with Crippen LogP contribution in [0.5, 0.6) is 0 Å². The van der Waals surface area contributed by atoms with E-state index >= 15 is 0 Å². The number of hydrogen-bond donors (Lipinski definition) is 3. The molecule has 2 aliphatic carbocycles. The number of halogens is 1. The van der Waals surface area contributed by atoms with Crippen LogP contribution in [0.4, 0.5) is 15.8 Å².